The van der Waals surface area contributed by atoms with E-state index in [1.165, 1.54) is 6.07 Å². The molecule has 2 rings (SSSR count). The number of anilines is 1. The summed E-state index contributed by atoms with van der Waals surface area (Å²) in [6, 6.07) is 11.3. The predicted octanol–water partition coefficient (Wildman–Crippen LogP) is 4.49. The van der Waals surface area contributed by atoms with Crippen LogP contribution in [0.4, 0.5) is 5.69 Å². The monoisotopic (exact) mass is 488 g/mol. The van der Waals surface area contributed by atoms with Crippen LogP contribution in [0.5, 0.6) is 0 Å². The topological polar surface area (TPSA) is 66.5 Å². The van der Waals surface area contributed by atoms with Crippen LogP contribution in [-0.2, 0) is 10.0 Å². The molecule has 5 nitrogen and oxygen atoms in total. The van der Waals surface area contributed by atoms with Crippen LogP contribution in [0, 0.1) is 0 Å². The van der Waals surface area contributed by atoms with Gasteiger partial charge in [-0.15, -0.1) is 0 Å². The van der Waals surface area contributed by atoms with Gasteiger partial charge in [0.25, 0.3) is 15.9 Å². The normalized spacial score (nSPS) is 11.2. The Morgan fingerprint density at radius 1 is 1.04 bits per heavy atom. The molecule has 0 aliphatic rings. The molecule has 0 aliphatic carbocycles. The molecule has 2 aromatic rings. The predicted molar refractivity (Wildman–Crippen MR) is 106 cm³/mol. The van der Waals surface area contributed by atoms with E-state index < -0.39 is 10.0 Å². The van der Waals surface area contributed by atoms with Crippen LogP contribution < -0.4 is 4.72 Å². The summed E-state index contributed by atoms with van der Waals surface area (Å²) in [5.41, 5.74) is 0.915. The summed E-state index contributed by atoms with van der Waals surface area (Å²) >= 11 is 6.52. The van der Waals surface area contributed by atoms with Gasteiger partial charge < -0.3 is 4.90 Å². The standard InChI is InChI=1S/C17H18Br2N2O3S/c1-3-21(4-2)17(22)12-5-8-14(9-6-12)20-25(23,24)16-11-13(18)7-10-15(16)19/h5-11,20H,3-4H2,1-2H3. The number of benzene rings is 2. The van der Waals surface area contributed by atoms with Gasteiger partial charge in [0.2, 0.25) is 0 Å². The molecule has 0 aromatic heterocycles. The third kappa shape index (κ3) is 4.83. The minimum Gasteiger partial charge on any atom is -0.339 e. The zero-order valence-electron chi connectivity index (χ0n) is 13.8. The number of hydrogen-bond acceptors (Lipinski definition) is 3. The zero-order chi connectivity index (χ0) is 18.6. The molecule has 0 heterocycles. The Hall–Kier alpha value is -1.38. The van der Waals surface area contributed by atoms with Crippen molar-refractivity contribution in [2.45, 2.75) is 18.7 Å². The van der Waals surface area contributed by atoms with E-state index in [0.29, 0.717) is 33.3 Å². The van der Waals surface area contributed by atoms with E-state index in [9.17, 15) is 13.2 Å². The van der Waals surface area contributed by atoms with Crippen LogP contribution in [0.25, 0.3) is 0 Å². The highest BCUT2D eigenvalue weighted by Crippen LogP contribution is 2.27. The van der Waals surface area contributed by atoms with Crippen LogP contribution >= 0.6 is 31.9 Å². The van der Waals surface area contributed by atoms with E-state index in [1.807, 2.05) is 13.8 Å². The molecule has 1 N–H and O–H groups in total. The van der Waals surface area contributed by atoms with Gasteiger partial charge in [-0.2, -0.15) is 0 Å². The lowest BCUT2D eigenvalue weighted by Gasteiger charge is -2.18. The quantitative estimate of drug-likeness (QED) is 0.649. The van der Waals surface area contributed by atoms with Crippen molar-refractivity contribution >= 4 is 53.5 Å². The first-order valence-electron chi connectivity index (χ1n) is 7.65. The molecule has 0 spiro atoms. The number of hydrogen-bond donors (Lipinski definition) is 1. The van der Waals surface area contributed by atoms with Crippen LogP contribution in [-0.4, -0.2) is 32.3 Å². The van der Waals surface area contributed by atoms with Gasteiger partial charge in [-0.1, -0.05) is 15.9 Å². The maximum atomic E-state index is 12.6. The molecule has 0 atom stereocenters. The van der Waals surface area contributed by atoms with Gasteiger partial charge in [-0.3, -0.25) is 9.52 Å². The van der Waals surface area contributed by atoms with E-state index in [0.717, 1.165) is 0 Å². The van der Waals surface area contributed by atoms with Gasteiger partial charge in [-0.25, -0.2) is 8.42 Å². The van der Waals surface area contributed by atoms with Gasteiger partial charge in [0.15, 0.2) is 0 Å². The molecule has 0 fully saturated rings. The molecule has 0 saturated heterocycles. The zero-order valence-corrected chi connectivity index (χ0v) is 17.8. The summed E-state index contributed by atoms with van der Waals surface area (Å²) in [7, 11) is -3.75. The van der Waals surface area contributed by atoms with Gasteiger partial charge in [0, 0.05) is 33.3 Å². The highest BCUT2D eigenvalue weighted by Gasteiger charge is 2.19. The number of nitrogens with one attached hydrogen (secondary N) is 1. The largest absolute Gasteiger partial charge is 0.339 e. The second-order valence-electron chi connectivity index (χ2n) is 5.24. The second kappa shape index (κ2) is 8.33. The summed E-state index contributed by atoms with van der Waals surface area (Å²) in [5.74, 6) is -0.0749. The van der Waals surface area contributed by atoms with Crippen molar-refractivity contribution in [3.8, 4) is 0 Å². The van der Waals surface area contributed by atoms with Crippen LogP contribution in [0.2, 0.25) is 0 Å². The minimum absolute atomic E-state index is 0.0749. The van der Waals surface area contributed by atoms with E-state index in [4.69, 9.17) is 0 Å². The van der Waals surface area contributed by atoms with E-state index in [-0.39, 0.29) is 10.8 Å². The van der Waals surface area contributed by atoms with Gasteiger partial charge in [-0.05, 0) is 72.2 Å². The number of rotatable bonds is 6. The molecule has 0 aliphatic heterocycles. The molecule has 25 heavy (non-hydrogen) atoms. The summed E-state index contributed by atoms with van der Waals surface area (Å²) in [6.45, 7) is 5.08. The Morgan fingerprint density at radius 2 is 1.64 bits per heavy atom. The fourth-order valence-electron chi connectivity index (χ4n) is 2.27. The molecule has 1 amide bonds. The Balaban J connectivity index is 2.23. The number of nitrogens with zero attached hydrogens (tertiary/aromatic N) is 1. The highest BCUT2D eigenvalue weighted by atomic mass is 79.9. The summed E-state index contributed by atoms with van der Waals surface area (Å²) in [4.78, 5) is 14.1. The van der Waals surface area contributed by atoms with Gasteiger partial charge >= 0.3 is 0 Å². The first kappa shape index (κ1) is 19.9. The Bertz CT molecular complexity index is 864. The molecule has 2 aromatic carbocycles. The molecular formula is C17H18Br2N2O3S. The maximum Gasteiger partial charge on any atom is 0.263 e. The SMILES string of the molecule is CCN(CC)C(=O)c1ccc(NS(=O)(=O)c2cc(Br)ccc2Br)cc1. The van der Waals surface area contributed by atoms with Gasteiger partial charge in [0.05, 0.1) is 0 Å². The van der Waals surface area contributed by atoms with Crippen LogP contribution in [0.1, 0.15) is 24.2 Å². The molecule has 134 valence electrons. The smallest absolute Gasteiger partial charge is 0.263 e. The highest BCUT2D eigenvalue weighted by molar-refractivity contribution is 9.11. The van der Waals surface area contributed by atoms with Gasteiger partial charge in [0.1, 0.15) is 4.90 Å². The first-order chi connectivity index (χ1) is 11.8. The lowest BCUT2D eigenvalue weighted by Crippen LogP contribution is -2.30. The van der Waals surface area contributed by atoms with E-state index >= 15 is 0 Å². The van der Waals surface area contributed by atoms with Crippen LogP contribution in [0.3, 0.4) is 0 Å². The average Bonchev–Trinajstić information content (AvgIpc) is 2.58. The summed E-state index contributed by atoms with van der Waals surface area (Å²) in [5, 5.41) is 0. The van der Waals surface area contributed by atoms with E-state index in [2.05, 4.69) is 36.6 Å². The fourth-order valence-corrected chi connectivity index (χ4v) is 4.83. The third-order valence-electron chi connectivity index (χ3n) is 3.62. The number of amides is 1. The average molecular weight is 490 g/mol. The fraction of sp³-hybridized carbons (Fsp3) is 0.235. The van der Waals surface area contributed by atoms with Crippen molar-refractivity contribution in [1.29, 1.82) is 0 Å². The third-order valence-corrected chi connectivity index (χ3v) is 6.49. The number of carbonyl (C=O) groups is 1. The molecule has 0 radical (unpaired) electrons. The molecule has 0 saturated carbocycles. The minimum atomic E-state index is -3.75. The second-order valence-corrected chi connectivity index (χ2v) is 8.66. The molecule has 0 unspecified atom stereocenters. The first-order valence-corrected chi connectivity index (χ1v) is 10.7. The van der Waals surface area contributed by atoms with Crippen LogP contribution in [0.15, 0.2) is 56.3 Å². The molecule has 8 heteroatoms. The van der Waals surface area contributed by atoms with Crippen molar-refractivity contribution in [2.24, 2.45) is 0 Å². The number of carbonyl (C=O) groups excluding carboxylic acids is 1. The molecule has 0 bridgehead atoms. The maximum absolute atomic E-state index is 12.6. The van der Waals surface area contributed by atoms with Crippen molar-refractivity contribution in [3.05, 3.63) is 57.0 Å². The van der Waals surface area contributed by atoms with Crippen molar-refractivity contribution in [3.63, 3.8) is 0 Å². The number of sulfonamides is 1. The number of halogens is 2. The Kier molecular flexibility index (Phi) is 6.65. The van der Waals surface area contributed by atoms with Crippen molar-refractivity contribution < 1.29 is 13.2 Å². The lowest BCUT2D eigenvalue weighted by molar-refractivity contribution is 0.0773. The Morgan fingerprint density at radius 3 is 2.20 bits per heavy atom. The molecular weight excluding hydrogens is 472 g/mol. The van der Waals surface area contributed by atoms with Crippen molar-refractivity contribution in [2.75, 3.05) is 17.8 Å². The summed E-state index contributed by atoms with van der Waals surface area (Å²) < 4.78 is 28.8. The summed E-state index contributed by atoms with van der Waals surface area (Å²) in [6.07, 6.45) is 0. The Labute approximate surface area is 164 Å². The van der Waals surface area contributed by atoms with Crippen molar-refractivity contribution in [1.82, 2.24) is 4.90 Å². The lowest BCUT2D eigenvalue weighted by atomic mass is 10.2. The van der Waals surface area contributed by atoms with E-state index in [1.54, 1.807) is 41.3 Å².